The van der Waals surface area contributed by atoms with Crippen LogP contribution in [-0.4, -0.2) is 47.9 Å². The van der Waals surface area contributed by atoms with Crippen LogP contribution in [0.5, 0.6) is 0 Å². The van der Waals surface area contributed by atoms with Crippen molar-refractivity contribution in [3.05, 3.63) is 60.4 Å². The smallest absolute Gasteiger partial charge is 0.315 e. The molecule has 0 bridgehead atoms. The summed E-state index contributed by atoms with van der Waals surface area (Å²) in [6.07, 6.45) is 5.51. The quantitative estimate of drug-likeness (QED) is 0.510. The Labute approximate surface area is 188 Å². The molecular weight excluding hydrogens is 426 g/mol. The fourth-order valence-electron chi connectivity index (χ4n) is 3.92. The molecule has 9 heteroatoms. The Hall–Kier alpha value is -2.91. The van der Waals surface area contributed by atoms with Gasteiger partial charge in [-0.15, -0.1) is 0 Å². The molecule has 0 spiro atoms. The van der Waals surface area contributed by atoms with Gasteiger partial charge in [0, 0.05) is 32.7 Å². The first-order chi connectivity index (χ1) is 15.5. The Bertz CT molecular complexity index is 1150. The zero-order valence-electron chi connectivity index (χ0n) is 18.0. The Morgan fingerprint density at radius 3 is 2.50 bits per heavy atom. The number of benzene rings is 2. The van der Waals surface area contributed by atoms with E-state index in [0.717, 1.165) is 48.8 Å². The highest BCUT2D eigenvalue weighted by Crippen LogP contribution is 2.20. The molecule has 1 aliphatic heterocycles. The maximum atomic E-state index is 12.7. The van der Waals surface area contributed by atoms with E-state index in [1.54, 1.807) is 28.6 Å². The van der Waals surface area contributed by atoms with E-state index in [-0.39, 0.29) is 6.03 Å². The number of hydrogen-bond donors (Lipinski definition) is 2. The number of nitrogens with one attached hydrogen (secondary N) is 2. The minimum Gasteiger partial charge on any atom is -0.338 e. The van der Waals surface area contributed by atoms with Crippen LogP contribution in [0.3, 0.4) is 0 Å². The van der Waals surface area contributed by atoms with Gasteiger partial charge < -0.3 is 15.2 Å². The molecule has 1 aliphatic rings. The molecule has 2 heterocycles. The van der Waals surface area contributed by atoms with Crippen LogP contribution in [0.4, 0.5) is 4.79 Å². The van der Waals surface area contributed by atoms with Gasteiger partial charge >= 0.3 is 6.03 Å². The van der Waals surface area contributed by atoms with Crippen LogP contribution in [0.2, 0.25) is 0 Å². The first kappa shape index (κ1) is 22.3. The van der Waals surface area contributed by atoms with Crippen molar-refractivity contribution in [2.45, 2.75) is 43.7 Å². The summed E-state index contributed by atoms with van der Waals surface area (Å²) in [6.45, 7) is 2.83. The number of sulfonamides is 1. The van der Waals surface area contributed by atoms with Gasteiger partial charge in [-0.05, 0) is 49.1 Å². The third-order valence-corrected chi connectivity index (χ3v) is 7.63. The number of para-hydroxylation sites is 2. The van der Waals surface area contributed by atoms with E-state index in [1.807, 2.05) is 30.6 Å². The molecule has 0 aliphatic carbocycles. The maximum Gasteiger partial charge on any atom is 0.315 e. The number of urea groups is 1. The molecule has 2 aromatic carbocycles. The zero-order valence-corrected chi connectivity index (χ0v) is 18.9. The van der Waals surface area contributed by atoms with E-state index >= 15 is 0 Å². The first-order valence-electron chi connectivity index (χ1n) is 11.0. The summed E-state index contributed by atoms with van der Waals surface area (Å²) in [4.78, 5) is 16.8. The second-order valence-corrected chi connectivity index (χ2v) is 9.94. The summed E-state index contributed by atoms with van der Waals surface area (Å²) < 4.78 is 29.1. The Kier molecular flexibility index (Phi) is 7.06. The van der Waals surface area contributed by atoms with Crippen LogP contribution in [0.1, 0.15) is 31.2 Å². The van der Waals surface area contributed by atoms with Crippen LogP contribution in [0, 0.1) is 0 Å². The van der Waals surface area contributed by atoms with Crippen molar-refractivity contribution in [2.75, 3.05) is 19.6 Å². The molecule has 0 unspecified atom stereocenters. The number of carbonyl (C=O) groups is 1. The molecule has 8 nitrogen and oxygen atoms in total. The van der Waals surface area contributed by atoms with Crippen molar-refractivity contribution in [3.8, 4) is 0 Å². The minimum atomic E-state index is -3.43. The molecule has 0 atom stereocenters. The molecule has 3 aromatic rings. The maximum absolute atomic E-state index is 12.7. The highest BCUT2D eigenvalue weighted by molar-refractivity contribution is 7.89. The number of aromatic nitrogens is 2. The lowest BCUT2D eigenvalue weighted by atomic mass is 10.2. The topological polar surface area (TPSA) is 96.3 Å². The number of piperidine rings is 1. The van der Waals surface area contributed by atoms with Crippen molar-refractivity contribution in [3.63, 3.8) is 0 Å². The van der Waals surface area contributed by atoms with Crippen molar-refractivity contribution in [2.24, 2.45) is 0 Å². The normalized spacial score (nSPS) is 15.0. The number of imidazole rings is 1. The molecule has 0 saturated carbocycles. The number of amides is 2. The Balaban J connectivity index is 1.20. The lowest BCUT2D eigenvalue weighted by Gasteiger charge is -2.25. The van der Waals surface area contributed by atoms with Gasteiger partial charge in [0.2, 0.25) is 10.0 Å². The summed E-state index contributed by atoms with van der Waals surface area (Å²) >= 11 is 0. The van der Waals surface area contributed by atoms with E-state index in [2.05, 4.69) is 20.2 Å². The molecule has 4 rings (SSSR count). The third-order valence-electron chi connectivity index (χ3n) is 5.72. The van der Waals surface area contributed by atoms with Crippen LogP contribution in [0.25, 0.3) is 11.0 Å². The first-order valence-corrected chi connectivity index (χ1v) is 12.5. The van der Waals surface area contributed by atoms with Gasteiger partial charge in [-0.1, -0.05) is 30.7 Å². The third kappa shape index (κ3) is 5.28. The van der Waals surface area contributed by atoms with E-state index in [1.165, 1.54) is 0 Å². The molecule has 32 heavy (non-hydrogen) atoms. The fraction of sp³-hybridized carbons (Fsp3) is 0.391. The summed E-state index contributed by atoms with van der Waals surface area (Å²) in [5.41, 5.74) is 2.90. The lowest BCUT2D eigenvalue weighted by Crippen LogP contribution is -2.36. The van der Waals surface area contributed by atoms with Crippen molar-refractivity contribution >= 4 is 27.1 Å². The summed E-state index contributed by atoms with van der Waals surface area (Å²) in [5, 5.41) is 5.67. The number of aryl methyl sites for hydroxylation is 1. The van der Waals surface area contributed by atoms with Gasteiger partial charge in [-0.2, -0.15) is 4.31 Å². The number of fused-ring (bicyclic) bond motifs is 1. The highest BCUT2D eigenvalue weighted by Gasteiger charge is 2.25. The standard InChI is InChI=1S/C23H29N5O3S/c29-23(24-13-6-14-27-18-26-21-7-2-3-8-22(21)27)25-17-19-9-11-20(12-10-19)32(30,31)28-15-4-1-5-16-28/h2-3,7-12,18H,1,4-6,13-17H2,(H2,24,25,29). The van der Waals surface area contributed by atoms with Crippen LogP contribution in [0.15, 0.2) is 59.8 Å². The molecule has 1 fully saturated rings. The lowest BCUT2D eigenvalue weighted by molar-refractivity contribution is 0.240. The molecule has 170 valence electrons. The van der Waals surface area contributed by atoms with Crippen LogP contribution < -0.4 is 10.6 Å². The van der Waals surface area contributed by atoms with Gasteiger partial charge in [0.15, 0.2) is 0 Å². The minimum absolute atomic E-state index is 0.245. The SMILES string of the molecule is O=C(NCCCn1cnc2ccccc21)NCc1ccc(S(=O)(=O)N2CCCCC2)cc1. The molecule has 2 N–H and O–H groups in total. The zero-order chi connectivity index (χ0) is 22.4. The summed E-state index contributed by atoms with van der Waals surface area (Å²) in [7, 11) is -3.43. The molecule has 1 aromatic heterocycles. The van der Waals surface area contributed by atoms with Crippen LogP contribution >= 0.6 is 0 Å². The fourth-order valence-corrected chi connectivity index (χ4v) is 5.44. The Morgan fingerprint density at radius 1 is 0.969 bits per heavy atom. The summed E-state index contributed by atoms with van der Waals surface area (Å²) in [5.74, 6) is 0. The Morgan fingerprint density at radius 2 is 1.72 bits per heavy atom. The van der Waals surface area contributed by atoms with Crippen molar-refractivity contribution in [1.29, 1.82) is 0 Å². The van der Waals surface area contributed by atoms with Gasteiger partial charge in [0.1, 0.15) is 0 Å². The van der Waals surface area contributed by atoms with Crippen LogP contribution in [-0.2, 0) is 23.1 Å². The van der Waals surface area contributed by atoms with Gasteiger partial charge in [-0.3, -0.25) is 0 Å². The average Bonchev–Trinajstić information content (AvgIpc) is 3.24. The number of rotatable bonds is 8. The molecular formula is C23H29N5O3S. The summed E-state index contributed by atoms with van der Waals surface area (Å²) in [6, 6.07) is 14.5. The van der Waals surface area contributed by atoms with Crippen molar-refractivity contribution < 1.29 is 13.2 Å². The predicted molar refractivity (Wildman–Crippen MR) is 124 cm³/mol. The second-order valence-electron chi connectivity index (χ2n) is 8.00. The van der Waals surface area contributed by atoms with E-state index in [9.17, 15) is 13.2 Å². The average molecular weight is 456 g/mol. The van der Waals surface area contributed by atoms with Gasteiger partial charge in [0.25, 0.3) is 0 Å². The van der Waals surface area contributed by atoms with E-state index in [4.69, 9.17) is 0 Å². The van der Waals surface area contributed by atoms with E-state index < -0.39 is 10.0 Å². The molecule has 2 amide bonds. The monoisotopic (exact) mass is 455 g/mol. The molecule has 1 saturated heterocycles. The number of nitrogens with zero attached hydrogens (tertiary/aromatic N) is 3. The molecule has 0 radical (unpaired) electrons. The van der Waals surface area contributed by atoms with Crippen molar-refractivity contribution in [1.82, 2.24) is 24.5 Å². The van der Waals surface area contributed by atoms with Gasteiger partial charge in [-0.25, -0.2) is 18.2 Å². The second kappa shape index (κ2) is 10.1. The van der Waals surface area contributed by atoms with E-state index in [0.29, 0.717) is 31.1 Å². The highest BCUT2D eigenvalue weighted by atomic mass is 32.2. The largest absolute Gasteiger partial charge is 0.338 e. The van der Waals surface area contributed by atoms with Gasteiger partial charge in [0.05, 0.1) is 22.3 Å². The predicted octanol–water partition coefficient (Wildman–Crippen LogP) is 3.10. The number of carbonyl (C=O) groups excluding carboxylic acids is 1. The number of hydrogen-bond acceptors (Lipinski definition) is 4.